The SMILES string of the molecule is Cc1ccc(-c2nn(-c3ccncc3)cc2C=O)cc1F. The molecule has 2 heterocycles. The van der Waals surface area contributed by atoms with Crippen LogP contribution in [0.4, 0.5) is 4.39 Å². The fourth-order valence-electron chi connectivity index (χ4n) is 2.07. The Morgan fingerprint density at radius 2 is 1.95 bits per heavy atom. The van der Waals surface area contributed by atoms with Crippen molar-refractivity contribution in [3.05, 3.63) is 65.9 Å². The third-order valence-corrected chi connectivity index (χ3v) is 3.24. The van der Waals surface area contributed by atoms with Crippen molar-refractivity contribution in [2.24, 2.45) is 0 Å². The van der Waals surface area contributed by atoms with Gasteiger partial charge in [-0.2, -0.15) is 5.10 Å². The number of halogens is 1. The van der Waals surface area contributed by atoms with E-state index in [0.29, 0.717) is 22.4 Å². The molecule has 0 radical (unpaired) electrons. The predicted molar refractivity (Wildman–Crippen MR) is 76.9 cm³/mol. The molecule has 0 saturated carbocycles. The number of aryl methyl sites for hydroxylation is 1. The van der Waals surface area contributed by atoms with Gasteiger partial charge in [0.2, 0.25) is 0 Å². The first-order valence-electron chi connectivity index (χ1n) is 6.41. The topological polar surface area (TPSA) is 47.8 Å². The van der Waals surface area contributed by atoms with Gasteiger partial charge in [-0.25, -0.2) is 9.07 Å². The predicted octanol–water partition coefficient (Wildman–Crippen LogP) is 3.19. The minimum absolute atomic E-state index is 0.317. The first-order chi connectivity index (χ1) is 10.2. The number of aldehydes is 1. The largest absolute Gasteiger partial charge is 0.298 e. The molecule has 0 aliphatic carbocycles. The molecule has 2 aromatic heterocycles. The number of benzene rings is 1. The molecule has 4 nitrogen and oxygen atoms in total. The van der Waals surface area contributed by atoms with Crippen molar-refractivity contribution >= 4 is 6.29 Å². The Hall–Kier alpha value is -2.82. The molecular formula is C16H12FN3O. The lowest BCUT2D eigenvalue weighted by Gasteiger charge is -2.02. The highest BCUT2D eigenvalue weighted by Gasteiger charge is 2.13. The fourth-order valence-corrected chi connectivity index (χ4v) is 2.07. The van der Waals surface area contributed by atoms with Gasteiger partial charge >= 0.3 is 0 Å². The van der Waals surface area contributed by atoms with Crippen molar-refractivity contribution < 1.29 is 9.18 Å². The molecule has 0 aliphatic heterocycles. The van der Waals surface area contributed by atoms with Crippen LogP contribution >= 0.6 is 0 Å². The quantitative estimate of drug-likeness (QED) is 0.693. The van der Waals surface area contributed by atoms with Gasteiger partial charge in [0.05, 0.1) is 11.3 Å². The highest BCUT2D eigenvalue weighted by atomic mass is 19.1. The summed E-state index contributed by atoms with van der Waals surface area (Å²) < 4.78 is 15.3. The second-order valence-electron chi connectivity index (χ2n) is 4.66. The van der Waals surface area contributed by atoms with E-state index in [0.717, 1.165) is 12.0 Å². The van der Waals surface area contributed by atoms with Crippen LogP contribution in [0.3, 0.4) is 0 Å². The summed E-state index contributed by atoms with van der Waals surface area (Å²) in [6.45, 7) is 1.69. The molecule has 0 fully saturated rings. The summed E-state index contributed by atoms with van der Waals surface area (Å²) in [6.07, 6.45) is 5.62. The molecule has 0 aliphatic rings. The Kier molecular flexibility index (Phi) is 3.31. The summed E-state index contributed by atoms with van der Waals surface area (Å²) in [6, 6.07) is 8.37. The molecule has 0 amide bonds. The van der Waals surface area contributed by atoms with Gasteiger partial charge in [0.15, 0.2) is 6.29 Å². The Labute approximate surface area is 120 Å². The molecule has 104 valence electrons. The first-order valence-corrected chi connectivity index (χ1v) is 6.41. The van der Waals surface area contributed by atoms with Crippen LogP contribution < -0.4 is 0 Å². The number of hydrogen-bond acceptors (Lipinski definition) is 3. The van der Waals surface area contributed by atoms with Gasteiger partial charge in [-0.05, 0) is 30.7 Å². The molecule has 0 saturated heterocycles. The third-order valence-electron chi connectivity index (χ3n) is 3.24. The normalized spacial score (nSPS) is 10.6. The van der Waals surface area contributed by atoms with Gasteiger partial charge in [0.25, 0.3) is 0 Å². The number of hydrogen-bond donors (Lipinski definition) is 0. The summed E-state index contributed by atoms with van der Waals surface area (Å²) in [4.78, 5) is 15.2. The molecule has 0 N–H and O–H groups in total. The van der Waals surface area contributed by atoms with Crippen LogP contribution in [-0.2, 0) is 0 Å². The average molecular weight is 281 g/mol. The number of carbonyl (C=O) groups excluding carboxylic acids is 1. The number of carbonyl (C=O) groups is 1. The molecule has 3 rings (SSSR count). The summed E-state index contributed by atoms with van der Waals surface area (Å²) in [7, 11) is 0. The van der Waals surface area contributed by atoms with Gasteiger partial charge in [-0.15, -0.1) is 0 Å². The smallest absolute Gasteiger partial charge is 0.153 e. The zero-order chi connectivity index (χ0) is 14.8. The van der Waals surface area contributed by atoms with Crippen LogP contribution in [-0.4, -0.2) is 21.1 Å². The Morgan fingerprint density at radius 1 is 1.19 bits per heavy atom. The van der Waals surface area contributed by atoms with Crippen LogP contribution in [0.25, 0.3) is 16.9 Å². The van der Waals surface area contributed by atoms with Gasteiger partial charge in [0.1, 0.15) is 11.5 Å². The van der Waals surface area contributed by atoms with Crippen molar-refractivity contribution in [1.29, 1.82) is 0 Å². The highest BCUT2D eigenvalue weighted by molar-refractivity contribution is 5.85. The van der Waals surface area contributed by atoms with E-state index in [9.17, 15) is 9.18 Å². The van der Waals surface area contributed by atoms with Crippen LogP contribution in [0.2, 0.25) is 0 Å². The zero-order valence-corrected chi connectivity index (χ0v) is 11.3. The van der Waals surface area contributed by atoms with E-state index in [1.54, 1.807) is 54.5 Å². The summed E-state index contributed by atoms with van der Waals surface area (Å²) >= 11 is 0. The Balaban J connectivity index is 2.12. The first kappa shape index (κ1) is 13.2. The second kappa shape index (κ2) is 5.28. The fraction of sp³-hybridized carbons (Fsp3) is 0.0625. The van der Waals surface area contributed by atoms with E-state index in [-0.39, 0.29) is 5.82 Å². The lowest BCUT2D eigenvalue weighted by Crippen LogP contribution is -1.95. The van der Waals surface area contributed by atoms with E-state index in [4.69, 9.17) is 0 Å². The number of rotatable bonds is 3. The van der Waals surface area contributed by atoms with Gasteiger partial charge < -0.3 is 0 Å². The number of nitrogens with zero attached hydrogens (tertiary/aromatic N) is 3. The van der Waals surface area contributed by atoms with E-state index in [1.807, 2.05) is 0 Å². The molecule has 5 heteroatoms. The molecule has 3 aromatic rings. The van der Waals surface area contributed by atoms with Gasteiger partial charge in [-0.3, -0.25) is 9.78 Å². The van der Waals surface area contributed by atoms with Crippen LogP contribution in [0.5, 0.6) is 0 Å². The number of pyridine rings is 1. The lowest BCUT2D eigenvalue weighted by atomic mass is 10.1. The van der Waals surface area contributed by atoms with Crippen LogP contribution in [0.1, 0.15) is 15.9 Å². The standard InChI is InChI=1S/C16H12FN3O/c1-11-2-3-12(8-15(11)17)16-13(10-21)9-20(19-16)14-4-6-18-7-5-14/h2-10H,1H3. The maximum absolute atomic E-state index is 13.7. The van der Waals surface area contributed by atoms with Crippen molar-refractivity contribution in [2.75, 3.05) is 0 Å². The summed E-state index contributed by atoms with van der Waals surface area (Å²) in [5.41, 5.74) is 2.79. The molecule has 0 unspecified atom stereocenters. The molecule has 21 heavy (non-hydrogen) atoms. The van der Waals surface area contributed by atoms with Crippen LogP contribution in [0, 0.1) is 12.7 Å². The van der Waals surface area contributed by atoms with Crippen molar-refractivity contribution in [3.63, 3.8) is 0 Å². The summed E-state index contributed by atoms with van der Waals surface area (Å²) in [5.74, 6) is -0.317. The van der Waals surface area contributed by atoms with Crippen LogP contribution in [0.15, 0.2) is 48.9 Å². The Bertz CT molecular complexity index is 797. The minimum Gasteiger partial charge on any atom is -0.298 e. The number of aromatic nitrogens is 3. The van der Waals surface area contributed by atoms with Crippen molar-refractivity contribution in [1.82, 2.24) is 14.8 Å². The zero-order valence-electron chi connectivity index (χ0n) is 11.3. The molecular weight excluding hydrogens is 269 g/mol. The van der Waals surface area contributed by atoms with Crippen molar-refractivity contribution in [2.45, 2.75) is 6.92 Å². The lowest BCUT2D eigenvalue weighted by molar-refractivity contribution is 0.112. The third kappa shape index (κ3) is 2.45. The average Bonchev–Trinajstić information content (AvgIpc) is 2.95. The van der Waals surface area contributed by atoms with E-state index < -0.39 is 0 Å². The second-order valence-corrected chi connectivity index (χ2v) is 4.66. The van der Waals surface area contributed by atoms with Gasteiger partial charge in [-0.1, -0.05) is 12.1 Å². The molecule has 0 spiro atoms. The molecule has 1 aromatic carbocycles. The van der Waals surface area contributed by atoms with Crippen molar-refractivity contribution in [3.8, 4) is 16.9 Å². The maximum Gasteiger partial charge on any atom is 0.153 e. The molecule has 0 bridgehead atoms. The van der Waals surface area contributed by atoms with Gasteiger partial charge in [0, 0.05) is 24.2 Å². The van der Waals surface area contributed by atoms with E-state index in [1.165, 1.54) is 6.07 Å². The maximum atomic E-state index is 13.7. The summed E-state index contributed by atoms with van der Waals surface area (Å²) in [5, 5.41) is 4.38. The van der Waals surface area contributed by atoms with E-state index >= 15 is 0 Å². The minimum atomic E-state index is -0.317. The Morgan fingerprint density at radius 3 is 2.62 bits per heavy atom. The van der Waals surface area contributed by atoms with E-state index in [2.05, 4.69) is 10.1 Å². The highest BCUT2D eigenvalue weighted by Crippen LogP contribution is 2.24. The molecule has 0 atom stereocenters. The monoisotopic (exact) mass is 281 g/mol.